The fraction of sp³-hybridized carbons (Fsp3) is 0.417. The molecule has 2 rings (SSSR count). The van der Waals surface area contributed by atoms with Gasteiger partial charge in [0.05, 0.1) is 6.33 Å². The van der Waals surface area contributed by atoms with Crippen molar-refractivity contribution >= 4 is 28.8 Å². The zero-order chi connectivity index (χ0) is 13.8. The lowest BCUT2D eigenvalue weighted by molar-refractivity contribution is 0.0948. The summed E-state index contributed by atoms with van der Waals surface area (Å²) in [6.07, 6.45) is 4.07. The molecule has 0 radical (unpaired) electrons. The molecule has 0 saturated carbocycles. The maximum absolute atomic E-state index is 12.1. The maximum atomic E-state index is 12.1. The number of hydrogen-bond donors (Lipinski definition) is 2. The summed E-state index contributed by atoms with van der Waals surface area (Å²) in [7, 11) is 0. The molecule has 1 amide bonds. The quantitative estimate of drug-likeness (QED) is 0.891. The molecule has 0 atom stereocenters. The van der Waals surface area contributed by atoms with Crippen LogP contribution < -0.4 is 5.32 Å². The number of nitrogens with one attached hydrogen (secondary N) is 2. The van der Waals surface area contributed by atoms with Crippen LogP contribution in [0.1, 0.15) is 40.8 Å². The first kappa shape index (κ1) is 14.0. The average molecular weight is 299 g/mol. The Bertz CT molecular complexity index is 550. The van der Waals surface area contributed by atoms with Crippen LogP contribution in [0.25, 0.3) is 0 Å². The van der Waals surface area contributed by atoms with Crippen molar-refractivity contribution in [3.63, 3.8) is 0 Å². The van der Waals surface area contributed by atoms with Gasteiger partial charge in [0.15, 0.2) is 4.47 Å². The lowest BCUT2D eigenvalue weighted by Crippen LogP contribution is -2.27. The van der Waals surface area contributed by atoms with Gasteiger partial charge in [-0.15, -0.1) is 11.3 Å². The van der Waals surface area contributed by atoms with Crippen LogP contribution in [0.4, 0.5) is 0 Å². The molecule has 0 fully saturated rings. The van der Waals surface area contributed by atoms with Crippen molar-refractivity contribution in [1.29, 1.82) is 0 Å². The molecule has 0 bridgehead atoms. The highest BCUT2D eigenvalue weighted by Gasteiger charge is 2.19. The van der Waals surface area contributed by atoms with Crippen molar-refractivity contribution in [3.8, 4) is 0 Å². The van der Waals surface area contributed by atoms with E-state index in [1.165, 1.54) is 11.3 Å². The molecule has 0 aliphatic heterocycles. The molecule has 0 aliphatic rings. The largest absolute Gasteiger partial charge is 0.350 e. The second-order valence-corrected chi connectivity index (χ2v) is 6.03. The van der Waals surface area contributed by atoms with Crippen molar-refractivity contribution in [2.75, 3.05) is 6.54 Å². The number of hydrogen-bond acceptors (Lipinski definition) is 4. The molecule has 7 heteroatoms. The van der Waals surface area contributed by atoms with Crippen molar-refractivity contribution in [1.82, 2.24) is 20.3 Å². The molecule has 2 aromatic rings. The third-order valence-electron chi connectivity index (χ3n) is 2.60. The predicted molar refractivity (Wildman–Crippen MR) is 75.8 cm³/mol. The Morgan fingerprint density at radius 1 is 1.58 bits per heavy atom. The number of amides is 1. The first-order valence-corrected chi connectivity index (χ1v) is 7.19. The molecule has 0 saturated heterocycles. The number of carbonyl (C=O) groups excluding carboxylic acids is 1. The summed E-state index contributed by atoms with van der Waals surface area (Å²) in [5.41, 5.74) is 1.43. The Labute approximate surface area is 120 Å². The monoisotopic (exact) mass is 298 g/mol. The zero-order valence-corrected chi connectivity index (χ0v) is 12.3. The zero-order valence-electron chi connectivity index (χ0n) is 10.7. The van der Waals surface area contributed by atoms with Gasteiger partial charge in [-0.1, -0.05) is 25.4 Å². The molecular formula is C12H15ClN4OS. The number of aromatic amines is 1. The number of aromatic nitrogens is 3. The summed E-state index contributed by atoms with van der Waals surface area (Å²) in [6, 6.07) is 0. The summed E-state index contributed by atoms with van der Waals surface area (Å²) in [4.78, 5) is 24.0. The van der Waals surface area contributed by atoms with E-state index in [1.807, 2.05) is 13.8 Å². The summed E-state index contributed by atoms with van der Waals surface area (Å²) in [6.45, 7) is 4.57. The van der Waals surface area contributed by atoms with Crippen LogP contribution >= 0.6 is 22.9 Å². The van der Waals surface area contributed by atoms with E-state index in [0.717, 1.165) is 10.6 Å². The topological polar surface area (TPSA) is 70.7 Å². The standard InChI is InChI=1S/C12H15ClN4OS/c1-7(2)10-9(17-12(13)19-10)11(18)15-4-3-8-5-14-6-16-8/h5-7H,3-4H2,1-2H3,(H,14,16)(H,15,18). The number of thiazole rings is 1. The van der Waals surface area contributed by atoms with E-state index in [1.54, 1.807) is 12.5 Å². The highest BCUT2D eigenvalue weighted by molar-refractivity contribution is 7.16. The van der Waals surface area contributed by atoms with Gasteiger partial charge in [-0.25, -0.2) is 9.97 Å². The molecule has 19 heavy (non-hydrogen) atoms. The molecule has 0 aromatic carbocycles. The van der Waals surface area contributed by atoms with Crippen molar-refractivity contribution in [2.45, 2.75) is 26.2 Å². The summed E-state index contributed by atoms with van der Waals surface area (Å²) in [5.74, 6) is 0.0599. The van der Waals surface area contributed by atoms with Gasteiger partial charge in [0.1, 0.15) is 5.69 Å². The molecule has 102 valence electrons. The average Bonchev–Trinajstić information content (AvgIpc) is 2.98. The molecule has 0 aliphatic carbocycles. The third kappa shape index (κ3) is 3.54. The first-order valence-electron chi connectivity index (χ1n) is 5.99. The molecule has 0 spiro atoms. The maximum Gasteiger partial charge on any atom is 0.271 e. The van der Waals surface area contributed by atoms with E-state index < -0.39 is 0 Å². The third-order valence-corrected chi connectivity index (χ3v) is 4.06. The first-order chi connectivity index (χ1) is 9.08. The van der Waals surface area contributed by atoms with Crippen molar-refractivity contribution in [2.24, 2.45) is 0 Å². The molecule has 0 unspecified atom stereocenters. The highest BCUT2D eigenvalue weighted by atomic mass is 35.5. The molecular weight excluding hydrogens is 284 g/mol. The SMILES string of the molecule is CC(C)c1sc(Cl)nc1C(=O)NCCc1cnc[nH]1. The molecule has 2 aromatic heterocycles. The van der Waals surface area contributed by atoms with Crippen LogP contribution in [0.15, 0.2) is 12.5 Å². The fourth-order valence-corrected chi connectivity index (χ4v) is 2.80. The number of imidazole rings is 1. The summed E-state index contributed by atoms with van der Waals surface area (Å²) in [5, 5.41) is 2.84. The highest BCUT2D eigenvalue weighted by Crippen LogP contribution is 2.29. The number of carbonyl (C=O) groups is 1. The Kier molecular flexibility index (Phi) is 4.55. The molecule has 2 heterocycles. The number of rotatable bonds is 5. The van der Waals surface area contributed by atoms with Gasteiger partial charge in [-0.05, 0) is 5.92 Å². The van der Waals surface area contributed by atoms with Crippen LogP contribution in [0.5, 0.6) is 0 Å². The molecule has 2 N–H and O–H groups in total. The fourth-order valence-electron chi connectivity index (χ4n) is 1.67. The smallest absolute Gasteiger partial charge is 0.271 e. The van der Waals surface area contributed by atoms with Crippen LogP contribution in [-0.4, -0.2) is 27.4 Å². The Balaban J connectivity index is 1.96. The second-order valence-electron chi connectivity index (χ2n) is 4.42. The minimum Gasteiger partial charge on any atom is -0.350 e. The Hall–Kier alpha value is -1.40. The minimum absolute atomic E-state index is 0.175. The van der Waals surface area contributed by atoms with Crippen LogP contribution in [-0.2, 0) is 6.42 Å². The second kappa shape index (κ2) is 6.16. The lowest BCUT2D eigenvalue weighted by Gasteiger charge is -2.06. The van der Waals surface area contributed by atoms with Crippen LogP contribution in [0, 0.1) is 0 Å². The van der Waals surface area contributed by atoms with Gasteiger partial charge in [-0.3, -0.25) is 4.79 Å². The molecule has 5 nitrogen and oxygen atoms in total. The van der Waals surface area contributed by atoms with E-state index in [-0.39, 0.29) is 11.8 Å². The Morgan fingerprint density at radius 3 is 3.00 bits per heavy atom. The Morgan fingerprint density at radius 2 is 2.37 bits per heavy atom. The van der Waals surface area contributed by atoms with Gasteiger partial charge >= 0.3 is 0 Å². The number of halogens is 1. The van der Waals surface area contributed by atoms with Crippen LogP contribution in [0.2, 0.25) is 4.47 Å². The number of nitrogens with zero attached hydrogens (tertiary/aromatic N) is 2. The number of H-pyrrole nitrogens is 1. The van der Waals surface area contributed by atoms with Crippen molar-refractivity contribution in [3.05, 3.63) is 33.3 Å². The van der Waals surface area contributed by atoms with E-state index in [2.05, 4.69) is 20.3 Å². The lowest BCUT2D eigenvalue weighted by atomic mass is 10.1. The summed E-state index contributed by atoms with van der Waals surface area (Å²) >= 11 is 7.24. The van der Waals surface area contributed by atoms with Gasteiger partial charge in [0.25, 0.3) is 5.91 Å². The van der Waals surface area contributed by atoms with Crippen LogP contribution in [0.3, 0.4) is 0 Å². The van der Waals surface area contributed by atoms with Gasteiger partial charge < -0.3 is 10.3 Å². The van der Waals surface area contributed by atoms with Gasteiger partial charge in [0, 0.05) is 29.7 Å². The van der Waals surface area contributed by atoms with Gasteiger partial charge in [0.2, 0.25) is 0 Å². The normalized spacial score (nSPS) is 10.9. The van der Waals surface area contributed by atoms with Gasteiger partial charge in [-0.2, -0.15) is 0 Å². The van der Waals surface area contributed by atoms with E-state index in [9.17, 15) is 4.79 Å². The van der Waals surface area contributed by atoms with E-state index >= 15 is 0 Å². The van der Waals surface area contributed by atoms with Crippen molar-refractivity contribution < 1.29 is 4.79 Å². The van der Waals surface area contributed by atoms with E-state index in [0.29, 0.717) is 23.1 Å². The van der Waals surface area contributed by atoms with E-state index in [4.69, 9.17) is 11.6 Å². The minimum atomic E-state index is -0.175. The predicted octanol–water partition coefficient (Wildman–Crippen LogP) is 2.62. The summed E-state index contributed by atoms with van der Waals surface area (Å²) < 4.78 is 0.405.